The van der Waals surface area contributed by atoms with Crippen LogP contribution in [0.5, 0.6) is 11.5 Å². The van der Waals surface area contributed by atoms with Gasteiger partial charge in [0.1, 0.15) is 0 Å². The van der Waals surface area contributed by atoms with E-state index in [0.717, 1.165) is 11.1 Å². The summed E-state index contributed by atoms with van der Waals surface area (Å²) in [5, 5.41) is 0. The fourth-order valence-corrected chi connectivity index (χ4v) is 1.91. The number of methoxy groups -OCH3 is 2. The second-order valence-corrected chi connectivity index (χ2v) is 4.22. The third-order valence-corrected chi connectivity index (χ3v) is 2.93. The Morgan fingerprint density at radius 3 is 2.47 bits per heavy atom. The quantitative estimate of drug-likeness (QED) is 0.775. The first-order valence-corrected chi connectivity index (χ1v) is 5.94. The molecule has 2 rings (SSSR count). The predicted molar refractivity (Wildman–Crippen MR) is 71.0 cm³/mol. The van der Waals surface area contributed by atoms with Crippen LogP contribution in [0.15, 0.2) is 34.9 Å². The van der Waals surface area contributed by atoms with Gasteiger partial charge in [0.2, 0.25) is 5.78 Å². The summed E-state index contributed by atoms with van der Waals surface area (Å²) in [6, 6.07) is 7.21. The number of ether oxygens (including phenoxy) is 2. The Hall–Kier alpha value is -2.23. The summed E-state index contributed by atoms with van der Waals surface area (Å²) in [5.41, 5.74) is 1.71. The Labute approximate surface area is 111 Å². The van der Waals surface area contributed by atoms with Gasteiger partial charge in [0.25, 0.3) is 0 Å². The topological polar surface area (TPSA) is 48.7 Å². The molecule has 0 saturated heterocycles. The molecule has 0 bridgehead atoms. The lowest BCUT2D eigenvalue weighted by Crippen LogP contribution is -2.04. The lowest BCUT2D eigenvalue weighted by molar-refractivity contribution is 0.0965. The zero-order chi connectivity index (χ0) is 13.8. The standard InChI is InChI=1S/C15H16O4/c1-10-6-7-19-15(10)12(16)8-11-4-5-13(17-2)14(9-11)18-3/h4-7,9H,8H2,1-3H3. The summed E-state index contributed by atoms with van der Waals surface area (Å²) in [6.45, 7) is 1.85. The predicted octanol–water partition coefficient (Wildman–Crippen LogP) is 3.03. The van der Waals surface area contributed by atoms with Gasteiger partial charge in [-0.15, -0.1) is 0 Å². The largest absolute Gasteiger partial charge is 0.493 e. The number of carbonyl (C=O) groups excluding carboxylic acids is 1. The molecule has 0 radical (unpaired) electrons. The van der Waals surface area contributed by atoms with Crippen molar-refractivity contribution in [2.45, 2.75) is 13.3 Å². The number of hydrogen-bond acceptors (Lipinski definition) is 4. The average molecular weight is 260 g/mol. The van der Waals surface area contributed by atoms with Crippen LogP contribution in [0.25, 0.3) is 0 Å². The van der Waals surface area contributed by atoms with E-state index >= 15 is 0 Å². The zero-order valence-corrected chi connectivity index (χ0v) is 11.2. The summed E-state index contributed by atoms with van der Waals surface area (Å²) in [5.74, 6) is 1.63. The summed E-state index contributed by atoms with van der Waals surface area (Å²) >= 11 is 0. The van der Waals surface area contributed by atoms with E-state index < -0.39 is 0 Å². The van der Waals surface area contributed by atoms with E-state index in [2.05, 4.69) is 0 Å². The fraction of sp³-hybridized carbons (Fsp3) is 0.267. The van der Waals surface area contributed by atoms with Crippen LogP contribution in [0.2, 0.25) is 0 Å². The van der Waals surface area contributed by atoms with Crippen LogP contribution in [0.4, 0.5) is 0 Å². The zero-order valence-electron chi connectivity index (χ0n) is 11.2. The first-order chi connectivity index (χ1) is 9.15. The molecule has 0 saturated carbocycles. The van der Waals surface area contributed by atoms with E-state index in [9.17, 15) is 4.79 Å². The smallest absolute Gasteiger partial charge is 0.202 e. The van der Waals surface area contributed by atoms with Crippen LogP contribution in [-0.4, -0.2) is 20.0 Å². The number of rotatable bonds is 5. The highest BCUT2D eigenvalue weighted by atomic mass is 16.5. The monoisotopic (exact) mass is 260 g/mol. The molecule has 0 amide bonds. The minimum atomic E-state index is -0.0466. The van der Waals surface area contributed by atoms with Crippen LogP contribution in [-0.2, 0) is 6.42 Å². The second kappa shape index (κ2) is 5.61. The van der Waals surface area contributed by atoms with E-state index in [1.807, 2.05) is 13.0 Å². The summed E-state index contributed by atoms with van der Waals surface area (Å²) in [7, 11) is 3.15. The van der Waals surface area contributed by atoms with Crippen molar-refractivity contribution in [3.63, 3.8) is 0 Å². The van der Waals surface area contributed by atoms with E-state index in [1.165, 1.54) is 6.26 Å². The Bertz CT molecular complexity index is 584. The van der Waals surface area contributed by atoms with Gasteiger partial charge in [0, 0.05) is 6.42 Å². The molecule has 0 aliphatic carbocycles. The molecule has 0 N–H and O–H groups in total. The van der Waals surface area contributed by atoms with Gasteiger partial charge in [-0.1, -0.05) is 6.07 Å². The van der Waals surface area contributed by atoms with E-state index in [-0.39, 0.29) is 12.2 Å². The minimum Gasteiger partial charge on any atom is -0.493 e. The molecule has 1 aromatic heterocycles. The maximum atomic E-state index is 12.1. The molecule has 4 heteroatoms. The van der Waals surface area contributed by atoms with Crippen LogP contribution in [0.1, 0.15) is 21.7 Å². The number of ketones is 1. The molecular formula is C15H16O4. The van der Waals surface area contributed by atoms with Crippen molar-refractivity contribution in [1.82, 2.24) is 0 Å². The molecule has 2 aromatic rings. The van der Waals surface area contributed by atoms with Gasteiger partial charge in [0.05, 0.1) is 20.5 Å². The summed E-state index contributed by atoms with van der Waals surface area (Å²) in [4.78, 5) is 12.1. The van der Waals surface area contributed by atoms with Gasteiger partial charge in [-0.3, -0.25) is 4.79 Å². The van der Waals surface area contributed by atoms with Crippen LogP contribution >= 0.6 is 0 Å². The average Bonchev–Trinajstić information content (AvgIpc) is 2.85. The van der Waals surface area contributed by atoms with Crippen LogP contribution in [0.3, 0.4) is 0 Å². The molecule has 0 aliphatic rings. The third-order valence-electron chi connectivity index (χ3n) is 2.93. The maximum Gasteiger partial charge on any atom is 0.202 e. The lowest BCUT2D eigenvalue weighted by Gasteiger charge is -2.09. The molecule has 0 fully saturated rings. The Kier molecular flexibility index (Phi) is 3.90. The minimum absolute atomic E-state index is 0.0466. The van der Waals surface area contributed by atoms with Crippen LogP contribution < -0.4 is 9.47 Å². The SMILES string of the molecule is COc1ccc(CC(=O)c2occc2C)cc1OC. The van der Waals surface area contributed by atoms with Crippen molar-refractivity contribution in [2.24, 2.45) is 0 Å². The molecule has 1 aromatic carbocycles. The molecule has 4 nitrogen and oxygen atoms in total. The van der Waals surface area contributed by atoms with Gasteiger partial charge >= 0.3 is 0 Å². The van der Waals surface area contributed by atoms with Gasteiger partial charge < -0.3 is 13.9 Å². The maximum absolute atomic E-state index is 12.1. The molecule has 100 valence electrons. The van der Waals surface area contributed by atoms with Crippen molar-refractivity contribution in [2.75, 3.05) is 14.2 Å². The summed E-state index contributed by atoms with van der Waals surface area (Å²) < 4.78 is 15.6. The highest BCUT2D eigenvalue weighted by Crippen LogP contribution is 2.28. The number of Topliss-reactive ketones (excluding diaryl/α,β-unsaturated/α-hetero) is 1. The van der Waals surface area contributed by atoms with E-state index in [0.29, 0.717) is 17.3 Å². The van der Waals surface area contributed by atoms with E-state index in [1.54, 1.807) is 32.4 Å². The number of aryl methyl sites for hydroxylation is 1. The highest BCUT2D eigenvalue weighted by molar-refractivity contribution is 5.96. The lowest BCUT2D eigenvalue weighted by atomic mass is 10.1. The Morgan fingerprint density at radius 1 is 1.16 bits per heavy atom. The second-order valence-electron chi connectivity index (χ2n) is 4.22. The van der Waals surface area contributed by atoms with Crippen LogP contribution in [0, 0.1) is 6.92 Å². The Morgan fingerprint density at radius 2 is 1.89 bits per heavy atom. The third kappa shape index (κ3) is 2.78. The molecule has 1 heterocycles. The molecule has 0 aliphatic heterocycles. The molecule has 0 spiro atoms. The number of benzene rings is 1. The number of furan rings is 1. The normalized spacial score (nSPS) is 10.3. The highest BCUT2D eigenvalue weighted by Gasteiger charge is 2.14. The van der Waals surface area contributed by atoms with Gasteiger partial charge in [0.15, 0.2) is 17.3 Å². The van der Waals surface area contributed by atoms with Crippen molar-refractivity contribution in [3.8, 4) is 11.5 Å². The Balaban J connectivity index is 2.20. The van der Waals surface area contributed by atoms with Crippen molar-refractivity contribution in [3.05, 3.63) is 47.4 Å². The van der Waals surface area contributed by atoms with Gasteiger partial charge in [-0.2, -0.15) is 0 Å². The van der Waals surface area contributed by atoms with Crippen molar-refractivity contribution >= 4 is 5.78 Å². The van der Waals surface area contributed by atoms with Gasteiger partial charge in [-0.25, -0.2) is 0 Å². The first-order valence-electron chi connectivity index (χ1n) is 5.94. The van der Waals surface area contributed by atoms with E-state index in [4.69, 9.17) is 13.9 Å². The fourth-order valence-electron chi connectivity index (χ4n) is 1.91. The number of hydrogen-bond donors (Lipinski definition) is 0. The first kappa shape index (κ1) is 13.2. The number of carbonyl (C=O) groups is 1. The van der Waals surface area contributed by atoms with Gasteiger partial charge in [-0.05, 0) is 36.2 Å². The van der Waals surface area contributed by atoms with Crippen molar-refractivity contribution < 1.29 is 18.7 Å². The molecule has 0 atom stereocenters. The molecule has 19 heavy (non-hydrogen) atoms. The van der Waals surface area contributed by atoms with Crippen molar-refractivity contribution in [1.29, 1.82) is 0 Å². The molecule has 0 unspecified atom stereocenters. The molecular weight excluding hydrogens is 244 g/mol. The summed E-state index contributed by atoms with van der Waals surface area (Å²) in [6.07, 6.45) is 1.80.